The minimum atomic E-state index is -0.0896. The highest BCUT2D eigenvalue weighted by atomic mass is 16.2. The Kier molecular flexibility index (Phi) is 6.30. The molecule has 1 amide bonds. The Bertz CT molecular complexity index is 289. The number of rotatable bonds is 7. The average Bonchev–Trinajstić information content (AvgIpc) is 2.98. The standard InChI is InChI=1S/C16H31N3O/c1-2-6-16(7-10-17-11-8-16)15(20)18-9-5-14-19-12-3-4-13-19/h17H,2-14H2,1H3,(H,18,20). The molecule has 0 aromatic carbocycles. The molecule has 2 heterocycles. The number of likely N-dealkylation sites (tertiary alicyclic amines) is 1. The van der Waals surface area contributed by atoms with Gasteiger partial charge in [-0.3, -0.25) is 4.79 Å². The number of carbonyl (C=O) groups excluding carboxylic acids is 1. The van der Waals surface area contributed by atoms with E-state index in [9.17, 15) is 4.79 Å². The second-order valence-corrected chi connectivity index (χ2v) is 6.44. The summed E-state index contributed by atoms with van der Waals surface area (Å²) in [7, 11) is 0. The van der Waals surface area contributed by atoms with Crippen LogP contribution in [0, 0.1) is 5.41 Å². The number of nitrogens with one attached hydrogen (secondary N) is 2. The second kappa shape index (κ2) is 7.99. The normalized spacial score (nSPS) is 22.9. The van der Waals surface area contributed by atoms with Crippen molar-refractivity contribution in [1.82, 2.24) is 15.5 Å². The first-order valence-electron chi connectivity index (χ1n) is 8.48. The van der Waals surface area contributed by atoms with Crippen molar-refractivity contribution in [3.05, 3.63) is 0 Å². The van der Waals surface area contributed by atoms with Crippen LogP contribution < -0.4 is 10.6 Å². The van der Waals surface area contributed by atoms with Crippen LogP contribution in [0.5, 0.6) is 0 Å². The Labute approximate surface area is 123 Å². The van der Waals surface area contributed by atoms with E-state index < -0.39 is 0 Å². The Morgan fingerprint density at radius 1 is 1.25 bits per heavy atom. The van der Waals surface area contributed by atoms with E-state index in [1.807, 2.05) is 0 Å². The fourth-order valence-electron chi connectivity index (χ4n) is 3.67. The fourth-order valence-corrected chi connectivity index (χ4v) is 3.67. The summed E-state index contributed by atoms with van der Waals surface area (Å²) >= 11 is 0. The lowest BCUT2D eigenvalue weighted by atomic mass is 9.74. The van der Waals surface area contributed by atoms with E-state index in [4.69, 9.17) is 0 Å². The maximum atomic E-state index is 12.6. The highest BCUT2D eigenvalue weighted by molar-refractivity contribution is 5.82. The van der Waals surface area contributed by atoms with Crippen LogP contribution >= 0.6 is 0 Å². The first-order valence-corrected chi connectivity index (χ1v) is 8.48. The van der Waals surface area contributed by atoms with Gasteiger partial charge in [0.15, 0.2) is 0 Å². The fraction of sp³-hybridized carbons (Fsp3) is 0.938. The van der Waals surface area contributed by atoms with E-state index in [-0.39, 0.29) is 5.41 Å². The Balaban J connectivity index is 1.70. The lowest BCUT2D eigenvalue weighted by molar-refractivity contribution is -0.133. The van der Waals surface area contributed by atoms with E-state index in [0.717, 1.165) is 58.3 Å². The molecule has 0 spiro atoms. The number of amides is 1. The van der Waals surface area contributed by atoms with Crippen LogP contribution in [0.2, 0.25) is 0 Å². The summed E-state index contributed by atoms with van der Waals surface area (Å²) < 4.78 is 0. The SMILES string of the molecule is CCCC1(C(=O)NCCCN2CCCC2)CCNCC1. The van der Waals surface area contributed by atoms with Crippen molar-refractivity contribution >= 4 is 5.91 Å². The van der Waals surface area contributed by atoms with Gasteiger partial charge >= 0.3 is 0 Å². The van der Waals surface area contributed by atoms with Gasteiger partial charge in [-0.25, -0.2) is 0 Å². The smallest absolute Gasteiger partial charge is 0.226 e. The van der Waals surface area contributed by atoms with Gasteiger partial charge in [0.1, 0.15) is 0 Å². The lowest BCUT2D eigenvalue weighted by Gasteiger charge is -2.36. The molecule has 0 aromatic rings. The Hall–Kier alpha value is -0.610. The van der Waals surface area contributed by atoms with E-state index in [2.05, 4.69) is 22.5 Å². The molecule has 0 radical (unpaired) electrons. The Morgan fingerprint density at radius 3 is 2.60 bits per heavy atom. The minimum Gasteiger partial charge on any atom is -0.356 e. The number of carbonyl (C=O) groups is 1. The quantitative estimate of drug-likeness (QED) is 0.699. The molecule has 20 heavy (non-hydrogen) atoms. The zero-order valence-electron chi connectivity index (χ0n) is 13.0. The number of hydrogen-bond donors (Lipinski definition) is 2. The number of hydrogen-bond acceptors (Lipinski definition) is 3. The largest absolute Gasteiger partial charge is 0.356 e. The highest BCUT2D eigenvalue weighted by Gasteiger charge is 2.38. The molecule has 2 fully saturated rings. The van der Waals surface area contributed by atoms with Crippen LogP contribution in [0.4, 0.5) is 0 Å². The van der Waals surface area contributed by atoms with Gasteiger partial charge in [-0.1, -0.05) is 13.3 Å². The summed E-state index contributed by atoms with van der Waals surface area (Å²) in [5, 5.41) is 6.58. The van der Waals surface area contributed by atoms with Crippen LogP contribution in [0.3, 0.4) is 0 Å². The van der Waals surface area contributed by atoms with Gasteiger partial charge in [-0.05, 0) is 71.2 Å². The van der Waals surface area contributed by atoms with Gasteiger partial charge < -0.3 is 15.5 Å². The molecule has 116 valence electrons. The van der Waals surface area contributed by atoms with Crippen LogP contribution in [-0.2, 0) is 4.79 Å². The van der Waals surface area contributed by atoms with Crippen molar-refractivity contribution in [3.63, 3.8) is 0 Å². The van der Waals surface area contributed by atoms with E-state index in [0.29, 0.717) is 5.91 Å². The van der Waals surface area contributed by atoms with Gasteiger partial charge in [0.25, 0.3) is 0 Å². The monoisotopic (exact) mass is 281 g/mol. The molecule has 2 N–H and O–H groups in total. The minimum absolute atomic E-state index is 0.0896. The predicted molar refractivity (Wildman–Crippen MR) is 82.7 cm³/mol. The molecule has 0 unspecified atom stereocenters. The second-order valence-electron chi connectivity index (χ2n) is 6.44. The molecular formula is C16H31N3O. The summed E-state index contributed by atoms with van der Waals surface area (Å²) in [6, 6.07) is 0. The molecule has 4 nitrogen and oxygen atoms in total. The van der Waals surface area contributed by atoms with Crippen molar-refractivity contribution in [3.8, 4) is 0 Å². The molecule has 2 saturated heterocycles. The third-order valence-electron chi connectivity index (χ3n) is 4.91. The maximum absolute atomic E-state index is 12.6. The molecule has 4 heteroatoms. The maximum Gasteiger partial charge on any atom is 0.226 e. The van der Waals surface area contributed by atoms with Gasteiger partial charge in [-0.2, -0.15) is 0 Å². The van der Waals surface area contributed by atoms with Gasteiger partial charge in [0.05, 0.1) is 5.41 Å². The average molecular weight is 281 g/mol. The highest BCUT2D eigenvalue weighted by Crippen LogP contribution is 2.34. The lowest BCUT2D eigenvalue weighted by Crippen LogP contribution is -2.48. The molecule has 0 bridgehead atoms. The zero-order valence-corrected chi connectivity index (χ0v) is 13.0. The van der Waals surface area contributed by atoms with Gasteiger partial charge in [0, 0.05) is 6.54 Å². The number of nitrogens with zero attached hydrogens (tertiary/aromatic N) is 1. The summed E-state index contributed by atoms with van der Waals surface area (Å²) in [4.78, 5) is 15.1. The molecule has 2 aliphatic rings. The summed E-state index contributed by atoms with van der Waals surface area (Å²) in [5.41, 5.74) is -0.0896. The first-order chi connectivity index (χ1) is 9.77. The van der Waals surface area contributed by atoms with Crippen LogP contribution in [0.25, 0.3) is 0 Å². The molecular weight excluding hydrogens is 250 g/mol. The molecule has 0 atom stereocenters. The third kappa shape index (κ3) is 4.19. The van der Waals surface area contributed by atoms with Crippen molar-refractivity contribution in [2.75, 3.05) is 39.3 Å². The molecule has 2 rings (SSSR count). The topological polar surface area (TPSA) is 44.4 Å². The summed E-state index contributed by atoms with van der Waals surface area (Å²) in [5.74, 6) is 0.308. The van der Waals surface area contributed by atoms with Crippen molar-refractivity contribution < 1.29 is 4.79 Å². The van der Waals surface area contributed by atoms with Crippen LogP contribution in [-0.4, -0.2) is 50.1 Å². The molecule has 2 aliphatic heterocycles. The van der Waals surface area contributed by atoms with Crippen molar-refractivity contribution in [2.45, 2.75) is 51.9 Å². The molecule has 0 aromatic heterocycles. The van der Waals surface area contributed by atoms with Crippen LogP contribution in [0.1, 0.15) is 51.9 Å². The van der Waals surface area contributed by atoms with Gasteiger partial charge in [-0.15, -0.1) is 0 Å². The number of piperidine rings is 1. The van der Waals surface area contributed by atoms with E-state index >= 15 is 0 Å². The zero-order chi connectivity index (χ0) is 14.3. The van der Waals surface area contributed by atoms with E-state index in [1.54, 1.807) is 0 Å². The summed E-state index contributed by atoms with van der Waals surface area (Å²) in [6.07, 6.45) is 7.91. The molecule has 0 aliphatic carbocycles. The molecule has 0 saturated carbocycles. The van der Waals surface area contributed by atoms with E-state index in [1.165, 1.54) is 25.9 Å². The van der Waals surface area contributed by atoms with Crippen molar-refractivity contribution in [2.24, 2.45) is 5.41 Å². The first kappa shape index (κ1) is 15.8. The van der Waals surface area contributed by atoms with Crippen molar-refractivity contribution in [1.29, 1.82) is 0 Å². The third-order valence-corrected chi connectivity index (χ3v) is 4.91. The predicted octanol–water partition coefficient (Wildman–Crippen LogP) is 1.76. The summed E-state index contributed by atoms with van der Waals surface area (Å²) in [6.45, 7) is 8.64. The Morgan fingerprint density at radius 2 is 1.95 bits per heavy atom. The van der Waals surface area contributed by atoms with Crippen LogP contribution in [0.15, 0.2) is 0 Å². The van der Waals surface area contributed by atoms with Gasteiger partial charge in [0.2, 0.25) is 5.91 Å².